The van der Waals surface area contributed by atoms with Crippen LogP contribution in [0.4, 0.5) is 5.82 Å². The van der Waals surface area contributed by atoms with Gasteiger partial charge in [-0.25, -0.2) is 9.97 Å². The van der Waals surface area contributed by atoms with Gasteiger partial charge in [0.15, 0.2) is 0 Å². The van der Waals surface area contributed by atoms with Crippen LogP contribution >= 0.6 is 0 Å². The van der Waals surface area contributed by atoms with Crippen molar-refractivity contribution in [1.82, 2.24) is 15.3 Å². The van der Waals surface area contributed by atoms with Gasteiger partial charge in [0.2, 0.25) is 5.91 Å². The van der Waals surface area contributed by atoms with E-state index in [0.717, 1.165) is 30.2 Å². The Labute approximate surface area is 115 Å². The number of hydrogen-bond acceptors (Lipinski definition) is 4. The molecule has 1 heterocycles. The maximum Gasteiger partial charge on any atom is 0.221 e. The summed E-state index contributed by atoms with van der Waals surface area (Å²) in [6, 6.07) is 2.17. The molecular formula is C14H24N4O. The zero-order valence-corrected chi connectivity index (χ0v) is 12.3. The number of aryl methyl sites for hydroxylation is 2. The molecule has 2 N–H and O–H groups in total. The van der Waals surface area contributed by atoms with Crippen LogP contribution in [0, 0.1) is 6.92 Å². The summed E-state index contributed by atoms with van der Waals surface area (Å²) in [7, 11) is 0. The molecule has 1 rings (SSSR count). The molecule has 1 amide bonds. The summed E-state index contributed by atoms with van der Waals surface area (Å²) in [6.07, 6.45) is 2.28. The Morgan fingerprint density at radius 1 is 1.37 bits per heavy atom. The van der Waals surface area contributed by atoms with Crippen molar-refractivity contribution < 1.29 is 4.79 Å². The summed E-state index contributed by atoms with van der Waals surface area (Å²) >= 11 is 0. The van der Waals surface area contributed by atoms with E-state index in [2.05, 4.69) is 34.4 Å². The van der Waals surface area contributed by atoms with E-state index in [1.165, 1.54) is 0 Å². The zero-order chi connectivity index (χ0) is 14.3. The highest BCUT2D eigenvalue weighted by atomic mass is 16.1. The normalized spacial score (nSPS) is 12.0. The number of anilines is 1. The second-order valence-corrected chi connectivity index (χ2v) is 4.70. The van der Waals surface area contributed by atoms with Crippen LogP contribution in [0.2, 0.25) is 0 Å². The Balaban J connectivity index is 2.40. The molecule has 0 aliphatic rings. The van der Waals surface area contributed by atoms with Gasteiger partial charge in [-0.2, -0.15) is 0 Å². The van der Waals surface area contributed by atoms with Gasteiger partial charge in [0, 0.05) is 30.8 Å². The second-order valence-electron chi connectivity index (χ2n) is 4.70. The SMILES string of the molecule is CCc1cc(NCCC(=O)NC(C)CC)nc(C)n1. The van der Waals surface area contributed by atoms with Crippen LogP contribution in [0.1, 0.15) is 45.1 Å². The van der Waals surface area contributed by atoms with E-state index in [9.17, 15) is 4.79 Å². The van der Waals surface area contributed by atoms with Crippen molar-refractivity contribution in [2.45, 2.75) is 53.0 Å². The lowest BCUT2D eigenvalue weighted by Gasteiger charge is -2.12. The van der Waals surface area contributed by atoms with Gasteiger partial charge in [-0.1, -0.05) is 13.8 Å². The topological polar surface area (TPSA) is 66.9 Å². The molecule has 1 aromatic heterocycles. The molecular weight excluding hydrogens is 240 g/mol. The average molecular weight is 264 g/mol. The van der Waals surface area contributed by atoms with Crippen molar-refractivity contribution in [3.05, 3.63) is 17.6 Å². The molecule has 5 heteroatoms. The van der Waals surface area contributed by atoms with Crippen molar-refractivity contribution in [3.63, 3.8) is 0 Å². The van der Waals surface area contributed by atoms with Crippen LogP contribution in [0.15, 0.2) is 6.07 Å². The van der Waals surface area contributed by atoms with E-state index in [1.807, 2.05) is 19.9 Å². The first-order valence-electron chi connectivity index (χ1n) is 6.93. The van der Waals surface area contributed by atoms with Gasteiger partial charge >= 0.3 is 0 Å². The summed E-state index contributed by atoms with van der Waals surface area (Å²) in [5.74, 6) is 1.62. The quantitative estimate of drug-likeness (QED) is 0.791. The monoisotopic (exact) mass is 264 g/mol. The van der Waals surface area contributed by atoms with Crippen molar-refractivity contribution in [2.75, 3.05) is 11.9 Å². The summed E-state index contributed by atoms with van der Waals surface area (Å²) < 4.78 is 0. The lowest BCUT2D eigenvalue weighted by atomic mass is 10.2. The predicted octanol–water partition coefficient (Wildman–Crippen LogP) is 2.06. The molecule has 19 heavy (non-hydrogen) atoms. The minimum atomic E-state index is 0.0725. The van der Waals surface area contributed by atoms with Crippen LogP contribution < -0.4 is 10.6 Å². The van der Waals surface area contributed by atoms with Crippen molar-refractivity contribution in [1.29, 1.82) is 0 Å². The molecule has 0 radical (unpaired) electrons. The summed E-state index contributed by atoms with van der Waals surface area (Å²) in [5.41, 5.74) is 1.01. The molecule has 1 atom stereocenters. The minimum Gasteiger partial charge on any atom is -0.369 e. The highest BCUT2D eigenvalue weighted by Gasteiger charge is 2.05. The number of nitrogens with zero attached hydrogens (tertiary/aromatic N) is 2. The fourth-order valence-corrected chi connectivity index (χ4v) is 1.65. The van der Waals surface area contributed by atoms with Gasteiger partial charge in [-0.05, 0) is 26.7 Å². The van der Waals surface area contributed by atoms with E-state index in [0.29, 0.717) is 13.0 Å². The van der Waals surface area contributed by atoms with Crippen LogP contribution in [0.25, 0.3) is 0 Å². The first-order chi connectivity index (χ1) is 9.05. The van der Waals surface area contributed by atoms with Crippen LogP contribution in [0.5, 0.6) is 0 Å². The number of carbonyl (C=O) groups excluding carboxylic acids is 1. The van der Waals surface area contributed by atoms with Crippen LogP contribution in [-0.2, 0) is 11.2 Å². The second kappa shape index (κ2) is 7.71. The Hall–Kier alpha value is -1.65. The van der Waals surface area contributed by atoms with Gasteiger partial charge in [0.25, 0.3) is 0 Å². The first kappa shape index (κ1) is 15.4. The molecule has 0 fully saturated rings. The molecule has 0 aliphatic heterocycles. The molecule has 0 aromatic carbocycles. The maximum atomic E-state index is 11.6. The van der Waals surface area contributed by atoms with Gasteiger partial charge in [0.05, 0.1) is 0 Å². The maximum absolute atomic E-state index is 11.6. The van der Waals surface area contributed by atoms with E-state index in [-0.39, 0.29) is 11.9 Å². The van der Waals surface area contributed by atoms with Crippen molar-refractivity contribution in [2.24, 2.45) is 0 Å². The molecule has 0 bridgehead atoms. The third-order valence-electron chi connectivity index (χ3n) is 2.93. The standard InChI is InChI=1S/C14H24N4O/c1-5-10(3)16-14(19)7-8-15-13-9-12(6-2)17-11(4)18-13/h9-10H,5-8H2,1-4H3,(H,16,19)(H,15,17,18). The number of hydrogen-bond donors (Lipinski definition) is 2. The van der Waals surface area contributed by atoms with Crippen molar-refractivity contribution in [3.8, 4) is 0 Å². The lowest BCUT2D eigenvalue weighted by molar-refractivity contribution is -0.121. The molecule has 0 saturated heterocycles. The third-order valence-corrected chi connectivity index (χ3v) is 2.93. The minimum absolute atomic E-state index is 0.0725. The Morgan fingerprint density at radius 2 is 2.11 bits per heavy atom. The van der Waals surface area contributed by atoms with Gasteiger partial charge in [0.1, 0.15) is 11.6 Å². The largest absolute Gasteiger partial charge is 0.369 e. The van der Waals surface area contributed by atoms with Gasteiger partial charge < -0.3 is 10.6 Å². The van der Waals surface area contributed by atoms with Gasteiger partial charge in [-0.3, -0.25) is 4.79 Å². The Morgan fingerprint density at radius 3 is 2.74 bits per heavy atom. The molecule has 0 saturated carbocycles. The number of nitrogens with one attached hydrogen (secondary N) is 2. The van der Waals surface area contributed by atoms with Gasteiger partial charge in [-0.15, -0.1) is 0 Å². The van der Waals surface area contributed by atoms with E-state index < -0.39 is 0 Å². The first-order valence-corrected chi connectivity index (χ1v) is 6.93. The Kier molecular flexibility index (Phi) is 6.25. The summed E-state index contributed by atoms with van der Waals surface area (Å²) in [6.45, 7) is 8.58. The lowest BCUT2D eigenvalue weighted by Crippen LogP contribution is -2.33. The molecule has 0 spiro atoms. The third kappa shape index (κ3) is 5.68. The fourth-order valence-electron chi connectivity index (χ4n) is 1.65. The molecule has 106 valence electrons. The van der Waals surface area contributed by atoms with Crippen molar-refractivity contribution >= 4 is 11.7 Å². The smallest absolute Gasteiger partial charge is 0.221 e. The molecule has 1 aromatic rings. The highest BCUT2D eigenvalue weighted by molar-refractivity contribution is 5.76. The summed E-state index contributed by atoms with van der Waals surface area (Å²) in [5, 5.41) is 6.11. The highest BCUT2D eigenvalue weighted by Crippen LogP contribution is 2.07. The van der Waals surface area contributed by atoms with Crippen LogP contribution in [-0.4, -0.2) is 28.5 Å². The average Bonchev–Trinajstić information content (AvgIpc) is 2.37. The van der Waals surface area contributed by atoms with Crippen LogP contribution in [0.3, 0.4) is 0 Å². The zero-order valence-electron chi connectivity index (χ0n) is 12.3. The number of amides is 1. The number of carbonyl (C=O) groups is 1. The number of rotatable bonds is 7. The van der Waals surface area contributed by atoms with E-state index in [1.54, 1.807) is 0 Å². The van der Waals surface area contributed by atoms with E-state index in [4.69, 9.17) is 0 Å². The molecule has 0 aliphatic carbocycles. The number of aromatic nitrogens is 2. The molecule has 5 nitrogen and oxygen atoms in total. The predicted molar refractivity (Wildman–Crippen MR) is 77.1 cm³/mol. The molecule has 1 unspecified atom stereocenters. The fraction of sp³-hybridized carbons (Fsp3) is 0.643. The summed E-state index contributed by atoms with van der Waals surface area (Å²) in [4.78, 5) is 20.2. The van der Waals surface area contributed by atoms with E-state index >= 15 is 0 Å². The Bertz CT molecular complexity index is 420.